The minimum absolute atomic E-state index is 0.379. The van der Waals surface area contributed by atoms with Gasteiger partial charge in [0.2, 0.25) is 17.5 Å². The lowest BCUT2D eigenvalue weighted by Crippen LogP contribution is -2.38. The van der Waals surface area contributed by atoms with E-state index in [1.54, 1.807) is 0 Å². The number of aromatic nitrogens is 1. The van der Waals surface area contributed by atoms with Gasteiger partial charge in [0.15, 0.2) is 0 Å². The number of nitrogens with zero attached hydrogens (tertiary/aromatic N) is 3. The van der Waals surface area contributed by atoms with Crippen LogP contribution in [0.2, 0.25) is 0 Å². The van der Waals surface area contributed by atoms with Gasteiger partial charge >= 0.3 is 0 Å². The number of benzene rings is 2. The first kappa shape index (κ1) is 15.7. The Morgan fingerprint density at radius 1 is 1.08 bits per heavy atom. The Bertz CT molecular complexity index is 938. The SMILES string of the molecule is C[C@H]1C[C@H](C)CN(c2oc(-c3cccc4ccccc34)nc2C#N)C1. The van der Waals surface area contributed by atoms with E-state index in [9.17, 15) is 5.26 Å². The third-order valence-electron chi connectivity index (χ3n) is 4.89. The summed E-state index contributed by atoms with van der Waals surface area (Å²) in [6.07, 6.45) is 1.21. The van der Waals surface area contributed by atoms with E-state index < -0.39 is 0 Å². The van der Waals surface area contributed by atoms with Crippen molar-refractivity contribution in [3.8, 4) is 17.5 Å². The fourth-order valence-corrected chi connectivity index (χ4v) is 3.96. The fraction of sp³-hybridized carbons (Fsp3) is 0.333. The monoisotopic (exact) mass is 331 g/mol. The van der Waals surface area contributed by atoms with Crippen LogP contribution in [0.3, 0.4) is 0 Å². The molecule has 4 rings (SSSR count). The zero-order valence-electron chi connectivity index (χ0n) is 14.6. The van der Waals surface area contributed by atoms with Gasteiger partial charge in [0, 0.05) is 18.7 Å². The summed E-state index contributed by atoms with van der Waals surface area (Å²) in [5.74, 6) is 2.31. The van der Waals surface area contributed by atoms with E-state index in [-0.39, 0.29) is 0 Å². The Balaban J connectivity index is 1.80. The van der Waals surface area contributed by atoms with E-state index in [1.807, 2.05) is 24.3 Å². The molecule has 1 saturated heterocycles. The molecule has 2 aromatic carbocycles. The molecule has 3 aromatic rings. The van der Waals surface area contributed by atoms with Crippen LogP contribution in [0.25, 0.3) is 22.2 Å². The van der Waals surface area contributed by atoms with Gasteiger partial charge in [0.25, 0.3) is 0 Å². The van der Waals surface area contributed by atoms with Crippen LogP contribution in [0.4, 0.5) is 5.88 Å². The van der Waals surface area contributed by atoms with E-state index in [0.717, 1.165) is 29.4 Å². The van der Waals surface area contributed by atoms with Gasteiger partial charge in [0.05, 0.1) is 0 Å². The topological polar surface area (TPSA) is 53.1 Å². The van der Waals surface area contributed by atoms with E-state index in [0.29, 0.717) is 29.3 Å². The van der Waals surface area contributed by atoms with Gasteiger partial charge in [-0.2, -0.15) is 10.2 Å². The van der Waals surface area contributed by atoms with Gasteiger partial charge in [-0.05, 0) is 35.1 Å². The molecule has 25 heavy (non-hydrogen) atoms. The molecule has 4 nitrogen and oxygen atoms in total. The Hall–Kier alpha value is -2.80. The Morgan fingerprint density at radius 2 is 1.80 bits per heavy atom. The van der Waals surface area contributed by atoms with Crippen molar-refractivity contribution < 1.29 is 4.42 Å². The van der Waals surface area contributed by atoms with Crippen molar-refractivity contribution in [1.82, 2.24) is 4.98 Å². The van der Waals surface area contributed by atoms with Gasteiger partial charge < -0.3 is 9.32 Å². The van der Waals surface area contributed by atoms with Gasteiger partial charge in [-0.15, -0.1) is 0 Å². The number of oxazole rings is 1. The molecule has 0 saturated carbocycles. The number of anilines is 1. The molecule has 4 heteroatoms. The second-order valence-electron chi connectivity index (χ2n) is 7.16. The van der Waals surface area contributed by atoms with E-state index >= 15 is 0 Å². The Labute approximate surface area is 147 Å². The van der Waals surface area contributed by atoms with E-state index in [4.69, 9.17) is 4.42 Å². The lowest BCUT2D eigenvalue weighted by Gasteiger charge is -2.34. The van der Waals surface area contributed by atoms with Crippen molar-refractivity contribution in [2.24, 2.45) is 11.8 Å². The zero-order chi connectivity index (χ0) is 17.4. The molecule has 0 unspecified atom stereocenters. The minimum atomic E-state index is 0.379. The quantitative estimate of drug-likeness (QED) is 0.673. The summed E-state index contributed by atoms with van der Waals surface area (Å²) in [7, 11) is 0. The first-order valence-electron chi connectivity index (χ1n) is 8.79. The molecule has 0 radical (unpaired) electrons. The van der Waals surface area contributed by atoms with Gasteiger partial charge in [-0.1, -0.05) is 50.2 Å². The van der Waals surface area contributed by atoms with Crippen LogP contribution >= 0.6 is 0 Å². The summed E-state index contributed by atoms with van der Waals surface area (Å²) >= 11 is 0. The van der Waals surface area contributed by atoms with Crippen LogP contribution in [0, 0.1) is 23.2 Å². The molecular weight excluding hydrogens is 310 g/mol. The average Bonchev–Trinajstić information content (AvgIpc) is 3.04. The number of piperidine rings is 1. The van der Waals surface area contributed by atoms with Crippen molar-refractivity contribution >= 4 is 16.7 Å². The van der Waals surface area contributed by atoms with Crippen molar-refractivity contribution in [1.29, 1.82) is 5.26 Å². The Morgan fingerprint density at radius 3 is 2.56 bits per heavy atom. The molecule has 126 valence electrons. The highest BCUT2D eigenvalue weighted by atomic mass is 16.4. The maximum atomic E-state index is 9.56. The summed E-state index contributed by atoms with van der Waals surface area (Å²) in [5.41, 5.74) is 1.31. The third-order valence-corrected chi connectivity index (χ3v) is 4.89. The molecule has 1 aromatic heterocycles. The summed E-state index contributed by atoms with van der Waals surface area (Å²) in [6.45, 7) is 6.31. The second kappa shape index (κ2) is 6.25. The molecule has 2 heterocycles. The third kappa shape index (κ3) is 2.87. The highest BCUT2D eigenvalue weighted by molar-refractivity contribution is 5.94. The lowest BCUT2D eigenvalue weighted by molar-refractivity contribution is 0.344. The number of hydrogen-bond acceptors (Lipinski definition) is 4. The average molecular weight is 331 g/mol. The van der Waals surface area contributed by atoms with Crippen LogP contribution in [0.1, 0.15) is 26.0 Å². The second-order valence-corrected chi connectivity index (χ2v) is 7.16. The van der Waals surface area contributed by atoms with Crippen LogP contribution < -0.4 is 4.90 Å². The van der Waals surface area contributed by atoms with Crippen LogP contribution in [0.15, 0.2) is 46.9 Å². The molecule has 1 aliphatic rings. The first-order valence-corrected chi connectivity index (χ1v) is 8.79. The molecule has 1 fully saturated rings. The lowest BCUT2D eigenvalue weighted by atomic mass is 9.92. The maximum absolute atomic E-state index is 9.56. The van der Waals surface area contributed by atoms with Crippen LogP contribution in [0.5, 0.6) is 0 Å². The first-order chi connectivity index (χ1) is 12.2. The largest absolute Gasteiger partial charge is 0.419 e. The summed E-state index contributed by atoms with van der Waals surface area (Å²) in [6, 6.07) is 16.4. The number of fused-ring (bicyclic) bond motifs is 1. The highest BCUT2D eigenvalue weighted by Gasteiger charge is 2.28. The maximum Gasteiger partial charge on any atom is 0.235 e. The van der Waals surface area contributed by atoms with E-state index in [1.165, 1.54) is 6.42 Å². The van der Waals surface area contributed by atoms with Crippen molar-refractivity contribution in [2.75, 3.05) is 18.0 Å². The van der Waals surface area contributed by atoms with Crippen molar-refractivity contribution in [3.63, 3.8) is 0 Å². The van der Waals surface area contributed by atoms with Gasteiger partial charge in [0.1, 0.15) is 6.07 Å². The smallest absolute Gasteiger partial charge is 0.235 e. The predicted molar refractivity (Wildman–Crippen MR) is 99.3 cm³/mol. The molecule has 2 atom stereocenters. The van der Waals surface area contributed by atoms with Gasteiger partial charge in [-0.25, -0.2) is 0 Å². The molecule has 0 amide bonds. The van der Waals surface area contributed by atoms with E-state index in [2.05, 4.69) is 48.0 Å². The summed E-state index contributed by atoms with van der Waals surface area (Å²) in [4.78, 5) is 6.68. The highest BCUT2D eigenvalue weighted by Crippen LogP contribution is 2.34. The molecular formula is C21H21N3O. The number of hydrogen-bond donors (Lipinski definition) is 0. The predicted octanol–water partition coefficient (Wildman–Crippen LogP) is 4.85. The molecule has 0 bridgehead atoms. The fourth-order valence-electron chi connectivity index (χ4n) is 3.96. The molecule has 0 N–H and O–H groups in total. The molecule has 1 aliphatic heterocycles. The normalized spacial score (nSPS) is 20.6. The molecule has 0 spiro atoms. The minimum Gasteiger partial charge on any atom is -0.419 e. The summed E-state index contributed by atoms with van der Waals surface area (Å²) in [5, 5.41) is 11.8. The Kier molecular flexibility index (Phi) is 3.93. The van der Waals surface area contributed by atoms with Crippen molar-refractivity contribution in [3.05, 3.63) is 48.2 Å². The van der Waals surface area contributed by atoms with Gasteiger partial charge in [-0.3, -0.25) is 0 Å². The number of nitriles is 1. The zero-order valence-corrected chi connectivity index (χ0v) is 14.6. The van der Waals surface area contributed by atoms with Crippen LogP contribution in [-0.4, -0.2) is 18.1 Å². The van der Waals surface area contributed by atoms with Crippen molar-refractivity contribution in [2.45, 2.75) is 20.3 Å². The van der Waals surface area contributed by atoms with Crippen LogP contribution in [-0.2, 0) is 0 Å². The number of rotatable bonds is 2. The molecule has 0 aliphatic carbocycles. The standard InChI is InChI=1S/C21H21N3O/c1-14-10-15(2)13-24(12-14)21-19(11-22)23-20(25-21)18-9-5-7-16-6-3-4-8-17(16)18/h3-9,14-15H,10,12-13H2,1-2H3/t14-,15-/m0/s1. The summed E-state index contributed by atoms with van der Waals surface area (Å²) < 4.78 is 6.13.